The van der Waals surface area contributed by atoms with Gasteiger partial charge in [0.1, 0.15) is 6.04 Å². The minimum absolute atomic E-state index is 0.0904. The molecular formula is C27H24ClF3N2O2. The third-order valence-electron chi connectivity index (χ3n) is 5.85. The van der Waals surface area contributed by atoms with Gasteiger partial charge in [0.25, 0.3) is 0 Å². The maximum absolute atomic E-state index is 13.1. The number of hydrogen-bond acceptors (Lipinski definition) is 3. The molecule has 0 unspecified atom stereocenters. The zero-order chi connectivity index (χ0) is 25.0. The summed E-state index contributed by atoms with van der Waals surface area (Å²) < 4.78 is 46.3. The molecule has 0 aliphatic rings. The van der Waals surface area contributed by atoms with Crippen molar-refractivity contribution in [3.8, 4) is 0 Å². The van der Waals surface area contributed by atoms with Crippen LogP contribution in [0.25, 0.3) is 10.9 Å². The first-order valence-electron chi connectivity index (χ1n) is 11.0. The summed E-state index contributed by atoms with van der Waals surface area (Å²) in [6.07, 6.45) is -2.11. The summed E-state index contributed by atoms with van der Waals surface area (Å²) in [5.41, 5.74) is 2.73. The van der Waals surface area contributed by atoms with Gasteiger partial charge >= 0.3 is 12.1 Å². The Morgan fingerprint density at radius 2 is 1.77 bits per heavy atom. The van der Waals surface area contributed by atoms with Gasteiger partial charge in [0.15, 0.2) is 0 Å². The predicted molar refractivity (Wildman–Crippen MR) is 130 cm³/mol. The van der Waals surface area contributed by atoms with E-state index < -0.39 is 23.8 Å². The van der Waals surface area contributed by atoms with Gasteiger partial charge in [-0.25, -0.2) is 0 Å². The van der Waals surface area contributed by atoms with Crippen LogP contribution in [-0.4, -0.2) is 23.7 Å². The van der Waals surface area contributed by atoms with Crippen LogP contribution in [0, 0.1) is 0 Å². The lowest BCUT2D eigenvalue weighted by Crippen LogP contribution is -2.39. The highest BCUT2D eigenvalue weighted by atomic mass is 35.5. The molecule has 0 amide bonds. The van der Waals surface area contributed by atoms with Crippen molar-refractivity contribution in [2.24, 2.45) is 0 Å². The standard InChI is InChI=1S/C27H24ClF3N2O2/c1-35-26(34)24(32-15-19-5-4-6-21(13-19)27(29,30)31)14-20-17-33(25-8-3-2-7-23(20)25)16-18-9-11-22(28)12-10-18/h2-13,17,24,32H,14-16H2,1H3/t24-/m0/s1. The van der Waals surface area contributed by atoms with Crippen molar-refractivity contribution in [1.82, 2.24) is 9.88 Å². The van der Waals surface area contributed by atoms with E-state index in [0.29, 0.717) is 23.6 Å². The van der Waals surface area contributed by atoms with Crippen LogP contribution in [0.5, 0.6) is 0 Å². The largest absolute Gasteiger partial charge is 0.468 e. The fraction of sp³-hybridized carbons (Fsp3) is 0.222. The number of halogens is 4. The third-order valence-corrected chi connectivity index (χ3v) is 6.11. The molecule has 4 rings (SSSR count). The van der Waals surface area contributed by atoms with Crippen molar-refractivity contribution in [2.75, 3.05) is 7.11 Å². The first-order chi connectivity index (χ1) is 16.7. The molecule has 0 spiro atoms. The van der Waals surface area contributed by atoms with Gasteiger partial charge in [-0.15, -0.1) is 0 Å². The normalized spacial score (nSPS) is 12.6. The fourth-order valence-electron chi connectivity index (χ4n) is 4.10. The number of methoxy groups -OCH3 is 1. The highest BCUT2D eigenvalue weighted by Gasteiger charge is 2.30. The summed E-state index contributed by atoms with van der Waals surface area (Å²) >= 11 is 6.01. The van der Waals surface area contributed by atoms with Crippen LogP contribution in [-0.2, 0) is 35.2 Å². The van der Waals surface area contributed by atoms with E-state index >= 15 is 0 Å². The van der Waals surface area contributed by atoms with Crippen molar-refractivity contribution in [2.45, 2.75) is 31.7 Å². The summed E-state index contributed by atoms with van der Waals surface area (Å²) in [5, 5.41) is 4.74. The molecule has 0 aliphatic carbocycles. The molecule has 3 aromatic carbocycles. The second-order valence-corrected chi connectivity index (χ2v) is 8.72. The van der Waals surface area contributed by atoms with E-state index in [1.165, 1.54) is 13.2 Å². The highest BCUT2D eigenvalue weighted by Crippen LogP contribution is 2.29. The zero-order valence-corrected chi connectivity index (χ0v) is 19.7. The Kier molecular flexibility index (Phi) is 7.48. The van der Waals surface area contributed by atoms with Crippen LogP contribution in [0.15, 0.2) is 79.0 Å². The number of hydrogen-bond donors (Lipinski definition) is 1. The average molecular weight is 501 g/mol. The second-order valence-electron chi connectivity index (χ2n) is 8.28. The molecule has 0 saturated heterocycles. The van der Waals surface area contributed by atoms with Crippen molar-refractivity contribution in [1.29, 1.82) is 0 Å². The number of nitrogens with zero attached hydrogens (tertiary/aromatic N) is 1. The molecule has 0 saturated carbocycles. The van der Waals surface area contributed by atoms with Gasteiger partial charge in [0.05, 0.1) is 12.7 Å². The molecule has 8 heteroatoms. The highest BCUT2D eigenvalue weighted by molar-refractivity contribution is 6.30. The SMILES string of the molecule is COC(=O)[C@H](Cc1cn(Cc2ccc(Cl)cc2)c2ccccc12)NCc1cccc(C(F)(F)F)c1. The van der Waals surface area contributed by atoms with Crippen LogP contribution in [0.4, 0.5) is 13.2 Å². The van der Waals surface area contributed by atoms with Gasteiger partial charge in [-0.05, 0) is 41.0 Å². The summed E-state index contributed by atoms with van der Waals surface area (Å²) in [6, 6.07) is 19.8. The number of ether oxygens (including phenoxy) is 1. The van der Waals surface area contributed by atoms with Gasteiger partial charge in [0.2, 0.25) is 0 Å². The Balaban J connectivity index is 1.57. The molecule has 0 radical (unpaired) electrons. The molecule has 0 bridgehead atoms. The van der Waals surface area contributed by atoms with Gasteiger partial charge in [-0.2, -0.15) is 13.2 Å². The fourth-order valence-corrected chi connectivity index (χ4v) is 4.23. The Morgan fingerprint density at radius 3 is 2.49 bits per heavy atom. The minimum atomic E-state index is -4.43. The molecule has 1 aromatic heterocycles. The lowest BCUT2D eigenvalue weighted by molar-refractivity contribution is -0.143. The van der Waals surface area contributed by atoms with Crippen LogP contribution in [0.2, 0.25) is 5.02 Å². The molecular weight excluding hydrogens is 477 g/mol. The van der Waals surface area contributed by atoms with E-state index in [4.69, 9.17) is 16.3 Å². The number of aromatic nitrogens is 1. The topological polar surface area (TPSA) is 43.3 Å². The lowest BCUT2D eigenvalue weighted by Gasteiger charge is -2.17. The molecule has 4 nitrogen and oxygen atoms in total. The number of nitrogens with one attached hydrogen (secondary N) is 1. The van der Waals surface area contributed by atoms with Crippen LogP contribution in [0.1, 0.15) is 22.3 Å². The number of fused-ring (bicyclic) bond motifs is 1. The molecule has 1 heterocycles. The number of carbonyl (C=O) groups is 1. The van der Waals surface area contributed by atoms with Gasteiger partial charge in [-0.1, -0.05) is 60.1 Å². The maximum atomic E-state index is 13.1. The van der Waals surface area contributed by atoms with E-state index in [-0.39, 0.29) is 6.54 Å². The molecule has 35 heavy (non-hydrogen) atoms. The average Bonchev–Trinajstić information content (AvgIpc) is 3.19. The van der Waals surface area contributed by atoms with Crippen LogP contribution >= 0.6 is 11.6 Å². The first-order valence-corrected chi connectivity index (χ1v) is 11.4. The molecule has 4 aromatic rings. The number of para-hydroxylation sites is 1. The monoisotopic (exact) mass is 500 g/mol. The van der Waals surface area contributed by atoms with Crippen molar-refractivity contribution < 1.29 is 22.7 Å². The zero-order valence-electron chi connectivity index (χ0n) is 19.0. The van der Waals surface area contributed by atoms with E-state index in [9.17, 15) is 18.0 Å². The Morgan fingerprint density at radius 1 is 1.03 bits per heavy atom. The number of benzene rings is 3. The summed E-state index contributed by atoms with van der Waals surface area (Å²) in [6.45, 7) is 0.714. The first kappa shape index (κ1) is 24.8. The minimum Gasteiger partial charge on any atom is -0.468 e. The van der Waals surface area contributed by atoms with E-state index in [2.05, 4.69) is 9.88 Å². The molecule has 0 fully saturated rings. The number of esters is 1. The summed E-state index contributed by atoms with van der Waals surface area (Å²) in [5.74, 6) is -0.480. The summed E-state index contributed by atoms with van der Waals surface area (Å²) in [4.78, 5) is 12.5. The quantitative estimate of drug-likeness (QED) is 0.291. The van der Waals surface area contributed by atoms with Gasteiger partial charge in [0, 0.05) is 41.6 Å². The van der Waals surface area contributed by atoms with Crippen molar-refractivity contribution in [3.05, 3.63) is 106 Å². The Labute approximate surface area is 206 Å². The Hall–Kier alpha value is -3.29. The van der Waals surface area contributed by atoms with E-state index in [1.807, 2.05) is 54.7 Å². The van der Waals surface area contributed by atoms with Crippen molar-refractivity contribution >= 4 is 28.5 Å². The number of alkyl halides is 3. The van der Waals surface area contributed by atoms with Crippen LogP contribution < -0.4 is 5.32 Å². The summed E-state index contributed by atoms with van der Waals surface area (Å²) in [7, 11) is 1.30. The smallest absolute Gasteiger partial charge is 0.416 e. The lowest BCUT2D eigenvalue weighted by atomic mass is 10.0. The van der Waals surface area contributed by atoms with Gasteiger partial charge in [-0.3, -0.25) is 4.79 Å². The van der Waals surface area contributed by atoms with E-state index in [0.717, 1.165) is 34.2 Å². The van der Waals surface area contributed by atoms with Gasteiger partial charge < -0.3 is 14.6 Å². The number of rotatable bonds is 8. The Bertz CT molecular complexity index is 1320. The second kappa shape index (κ2) is 10.5. The van der Waals surface area contributed by atoms with E-state index in [1.54, 1.807) is 6.07 Å². The third kappa shape index (κ3) is 6.05. The molecule has 1 N–H and O–H groups in total. The van der Waals surface area contributed by atoms with Crippen LogP contribution in [0.3, 0.4) is 0 Å². The maximum Gasteiger partial charge on any atom is 0.416 e. The molecule has 1 atom stereocenters. The van der Waals surface area contributed by atoms with Crippen molar-refractivity contribution in [3.63, 3.8) is 0 Å². The molecule has 182 valence electrons. The predicted octanol–water partition coefficient (Wildman–Crippen LogP) is 6.24. The number of carbonyl (C=O) groups excluding carboxylic acids is 1. The molecule has 0 aliphatic heterocycles.